The zero-order valence-electron chi connectivity index (χ0n) is 15.9. The number of likely N-dealkylation sites (tertiary alicyclic amines) is 2. The average molecular weight is 370 g/mol. The van der Waals surface area contributed by atoms with Crippen LogP contribution in [0.5, 0.6) is 0 Å². The zero-order valence-corrected chi connectivity index (χ0v) is 15.9. The number of hydrogen-bond acceptors (Lipinski definition) is 5. The van der Waals surface area contributed by atoms with Crippen LogP contribution >= 0.6 is 0 Å². The Morgan fingerprint density at radius 1 is 1.04 bits per heavy atom. The Morgan fingerprint density at radius 2 is 1.69 bits per heavy atom. The van der Waals surface area contributed by atoms with E-state index < -0.39 is 23.7 Å². The summed E-state index contributed by atoms with van der Waals surface area (Å²) in [6, 6.07) is -0.569. The second-order valence-electron chi connectivity index (χ2n) is 7.91. The van der Waals surface area contributed by atoms with E-state index in [1.807, 2.05) is 0 Å². The minimum Gasteiger partial charge on any atom is -0.465 e. The van der Waals surface area contributed by atoms with Crippen molar-refractivity contribution in [1.82, 2.24) is 9.80 Å². The normalized spacial score (nSPS) is 22.2. The monoisotopic (exact) mass is 370 g/mol. The Hall–Kier alpha value is -1.83. The third kappa shape index (κ3) is 5.86. The van der Waals surface area contributed by atoms with Crippen LogP contribution in [0.2, 0.25) is 0 Å². The van der Waals surface area contributed by atoms with Crippen molar-refractivity contribution in [3.63, 3.8) is 0 Å². The SMILES string of the molecule is CC(C)(C)OC(=O)COC1CCN(C(=O)C2CCCCN2C(=O)O)CC1. The van der Waals surface area contributed by atoms with Crippen molar-refractivity contribution in [3.05, 3.63) is 0 Å². The quantitative estimate of drug-likeness (QED) is 0.759. The van der Waals surface area contributed by atoms with Gasteiger partial charge in [-0.25, -0.2) is 9.59 Å². The van der Waals surface area contributed by atoms with Crippen LogP contribution in [0.1, 0.15) is 52.9 Å². The standard InChI is InChI=1S/C18H30N2O6/c1-18(2,3)26-15(21)12-25-13-7-10-19(11-8-13)16(22)14-6-4-5-9-20(14)17(23)24/h13-14H,4-12H2,1-3H3,(H,23,24). The highest BCUT2D eigenvalue weighted by molar-refractivity contribution is 5.85. The molecule has 1 atom stereocenters. The summed E-state index contributed by atoms with van der Waals surface area (Å²) in [7, 11) is 0. The van der Waals surface area contributed by atoms with Gasteiger partial charge in [0.25, 0.3) is 0 Å². The van der Waals surface area contributed by atoms with E-state index in [-0.39, 0.29) is 18.6 Å². The summed E-state index contributed by atoms with van der Waals surface area (Å²) in [4.78, 5) is 38.7. The van der Waals surface area contributed by atoms with Gasteiger partial charge in [-0.1, -0.05) is 0 Å². The molecule has 8 heteroatoms. The molecule has 0 aromatic rings. The van der Waals surface area contributed by atoms with Crippen LogP contribution < -0.4 is 0 Å². The van der Waals surface area contributed by atoms with Gasteiger partial charge in [0, 0.05) is 19.6 Å². The fourth-order valence-electron chi connectivity index (χ4n) is 3.43. The molecule has 1 N–H and O–H groups in total. The fourth-order valence-corrected chi connectivity index (χ4v) is 3.43. The number of ether oxygens (including phenoxy) is 2. The van der Waals surface area contributed by atoms with E-state index in [1.54, 1.807) is 25.7 Å². The van der Waals surface area contributed by atoms with Gasteiger partial charge in [-0.3, -0.25) is 9.69 Å². The van der Waals surface area contributed by atoms with Gasteiger partial charge >= 0.3 is 12.1 Å². The van der Waals surface area contributed by atoms with E-state index in [0.29, 0.717) is 38.9 Å². The minimum absolute atomic E-state index is 0.0894. The summed E-state index contributed by atoms with van der Waals surface area (Å²) >= 11 is 0. The van der Waals surface area contributed by atoms with Crippen molar-refractivity contribution in [2.24, 2.45) is 0 Å². The van der Waals surface area contributed by atoms with Gasteiger partial charge in [0.05, 0.1) is 6.10 Å². The molecule has 148 valence electrons. The second-order valence-corrected chi connectivity index (χ2v) is 7.91. The summed E-state index contributed by atoms with van der Waals surface area (Å²) in [6.45, 7) is 6.78. The van der Waals surface area contributed by atoms with Gasteiger partial charge in [0.2, 0.25) is 5.91 Å². The molecule has 0 aliphatic carbocycles. The molecule has 0 spiro atoms. The molecule has 0 aromatic carbocycles. The summed E-state index contributed by atoms with van der Waals surface area (Å²) < 4.78 is 10.8. The molecule has 0 radical (unpaired) electrons. The Balaban J connectivity index is 1.78. The predicted molar refractivity (Wildman–Crippen MR) is 93.8 cm³/mol. The summed E-state index contributed by atoms with van der Waals surface area (Å²) in [5.41, 5.74) is -0.535. The fraction of sp³-hybridized carbons (Fsp3) is 0.833. The molecule has 0 aromatic heterocycles. The molecule has 0 saturated carbocycles. The number of hydrogen-bond donors (Lipinski definition) is 1. The first kappa shape index (κ1) is 20.5. The van der Waals surface area contributed by atoms with Crippen LogP contribution in [0.25, 0.3) is 0 Å². The van der Waals surface area contributed by atoms with E-state index >= 15 is 0 Å². The van der Waals surface area contributed by atoms with Gasteiger partial charge in [0.1, 0.15) is 18.2 Å². The molecule has 2 aliphatic heterocycles. The van der Waals surface area contributed by atoms with Crippen LogP contribution in [-0.2, 0) is 19.1 Å². The first-order valence-corrected chi connectivity index (χ1v) is 9.29. The van der Waals surface area contributed by atoms with Crippen molar-refractivity contribution in [2.75, 3.05) is 26.2 Å². The number of rotatable bonds is 4. The molecule has 2 fully saturated rings. The van der Waals surface area contributed by atoms with Gasteiger partial charge in [0.15, 0.2) is 0 Å². The molecule has 2 saturated heterocycles. The number of esters is 1. The Kier molecular flexibility index (Phi) is 6.86. The molecule has 2 aliphatic rings. The topological polar surface area (TPSA) is 96.4 Å². The lowest BCUT2D eigenvalue weighted by Gasteiger charge is -2.38. The maximum Gasteiger partial charge on any atom is 0.407 e. The number of carboxylic acid groups (broad SMARTS) is 1. The highest BCUT2D eigenvalue weighted by atomic mass is 16.6. The number of piperidine rings is 2. The number of carbonyl (C=O) groups excluding carboxylic acids is 2. The Morgan fingerprint density at radius 3 is 2.27 bits per heavy atom. The molecular formula is C18H30N2O6. The van der Waals surface area contributed by atoms with Crippen molar-refractivity contribution in [2.45, 2.75) is 70.6 Å². The Labute approximate surface area is 154 Å². The number of amides is 2. The number of carbonyl (C=O) groups is 3. The first-order chi connectivity index (χ1) is 12.2. The largest absolute Gasteiger partial charge is 0.465 e. The maximum atomic E-state index is 12.7. The van der Waals surface area contributed by atoms with E-state index in [0.717, 1.165) is 12.8 Å². The highest BCUT2D eigenvalue weighted by Crippen LogP contribution is 2.22. The lowest BCUT2D eigenvalue weighted by Crippen LogP contribution is -2.54. The smallest absolute Gasteiger partial charge is 0.407 e. The summed E-state index contributed by atoms with van der Waals surface area (Å²) in [5.74, 6) is -0.506. The Bertz CT molecular complexity index is 522. The molecule has 0 bridgehead atoms. The van der Waals surface area contributed by atoms with E-state index in [4.69, 9.17) is 9.47 Å². The third-order valence-electron chi connectivity index (χ3n) is 4.64. The van der Waals surface area contributed by atoms with Crippen LogP contribution in [0.4, 0.5) is 4.79 Å². The van der Waals surface area contributed by atoms with E-state index in [1.165, 1.54) is 4.90 Å². The predicted octanol–water partition coefficient (Wildman–Crippen LogP) is 1.87. The molecule has 8 nitrogen and oxygen atoms in total. The van der Waals surface area contributed by atoms with E-state index in [9.17, 15) is 19.5 Å². The van der Waals surface area contributed by atoms with Crippen LogP contribution in [0.15, 0.2) is 0 Å². The molecular weight excluding hydrogens is 340 g/mol. The van der Waals surface area contributed by atoms with Crippen LogP contribution in [-0.4, -0.2) is 76.9 Å². The zero-order chi connectivity index (χ0) is 19.3. The highest BCUT2D eigenvalue weighted by Gasteiger charge is 2.36. The summed E-state index contributed by atoms with van der Waals surface area (Å²) in [6.07, 6.45) is 2.40. The minimum atomic E-state index is -1.03. The van der Waals surface area contributed by atoms with Gasteiger partial charge in [-0.15, -0.1) is 0 Å². The third-order valence-corrected chi connectivity index (χ3v) is 4.64. The molecule has 26 heavy (non-hydrogen) atoms. The molecule has 2 rings (SSSR count). The molecule has 2 heterocycles. The van der Waals surface area contributed by atoms with Gasteiger partial charge in [-0.2, -0.15) is 0 Å². The molecule has 1 unspecified atom stereocenters. The summed E-state index contributed by atoms with van der Waals surface area (Å²) in [5, 5.41) is 9.29. The number of nitrogens with zero attached hydrogens (tertiary/aromatic N) is 2. The first-order valence-electron chi connectivity index (χ1n) is 9.29. The van der Waals surface area contributed by atoms with Crippen molar-refractivity contribution in [3.8, 4) is 0 Å². The van der Waals surface area contributed by atoms with E-state index in [2.05, 4.69) is 0 Å². The van der Waals surface area contributed by atoms with Gasteiger partial charge < -0.3 is 19.5 Å². The van der Waals surface area contributed by atoms with Crippen molar-refractivity contribution in [1.29, 1.82) is 0 Å². The lowest BCUT2D eigenvalue weighted by atomic mass is 9.99. The lowest BCUT2D eigenvalue weighted by molar-refractivity contribution is -0.163. The van der Waals surface area contributed by atoms with Crippen LogP contribution in [0.3, 0.4) is 0 Å². The van der Waals surface area contributed by atoms with Crippen molar-refractivity contribution >= 4 is 18.0 Å². The average Bonchev–Trinajstić information content (AvgIpc) is 2.58. The van der Waals surface area contributed by atoms with Gasteiger partial charge in [-0.05, 0) is 52.9 Å². The second kappa shape index (κ2) is 8.70. The molecule has 2 amide bonds. The van der Waals surface area contributed by atoms with Crippen LogP contribution in [0, 0.1) is 0 Å². The van der Waals surface area contributed by atoms with Crippen molar-refractivity contribution < 1.29 is 29.0 Å². The maximum absolute atomic E-state index is 12.7.